The van der Waals surface area contributed by atoms with E-state index in [2.05, 4.69) is 46.4 Å². The van der Waals surface area contributed by atoms with Crippen LogP contribution < -0.4 is 5.32 Å². The normalized spacial score (nSPS) is 20.6. The third-order valence-corrected chi connectivity index (χ3v) is 5.08. The van der Waals surface area contributed by atoms with Crippen molar-refractivity contribution in [2.24, 2.45) is 14.1 Å². The van der Waals surface area contributed by atoms with Crippen LogP contribution in [0.1, 0.15) is 29.6 Å². The number of benzene rings is 1. The number of ether oxygens (including phenoxy) is 1. The number of imidazole rings is 1. The Hall–Kier alpha value is -2.18. The highest BCUT2D eigenvalue weighted by molar-refractivity contribution is 5.75. The minimum atomic E-state index is 0.0918. The first-order chi connectivity index (χ1) is 12.1. The first kappa shape index (κ1) is 16.3. The highest BCUT2D eigenvalue weighted by Gasteiger charge is 2.31. The molecule has 6 nitrogen and oxygen atoms in total. The first-order valence-corrected chi connectivity index (χ1v) is 8.89. The van der Waals surface area contributed by atoms with Gasteiger partial charge in [-0.05, 0) is 25.5 Å². The van der Waals surface area contributed by atoms with Gasteiger partial charge in [-0.2, -0.15) is 5.10 Å². The molecule has 6 heteroatoms. The molecule has 0 unspecified atom stereocenters. The van der Waals surface area contributed by atoms with E-state index in [0.29, 0.717) is 6.04 Å². The predicted octanol–water partition coefficient (Wildman–Crippen LogP) is 2.28. The number of rotatable bonds is 5. The first-order valence-electron chi connectivity index (χ1n) is 8.89. The van der Waals surface area contributed by atoms with Crippen molar-refractivity contribution in [2.45, 2.75) is 31.9 Å². The van der Waals surface area contributed by atoms with Crippen LogP contribution in [0.5, 0.6) is 0 Å². The maximum absolute atomic E-state index is 5.98. The van der Waals surface area contributed by atoms with Crippen molar-refractivity contribution >= 4 is 11.0 Å². The van der Waals surface area contributed by atoms with Crippen molar-refractivity contribution in [1.29, 1.82) is 0 Å². The van der Waals surface area contributed by atoms with Crippen molar-refractivity contribution in [3.05, 3.63) is 47.5 Å². The van der Waals surface area contributed by atoms with Gasteiger partial charge in [-0.25, -0.2) is 4.98 Å². The minimum absolute atomic E-state index is 0.0918. The molecule has 0 aliphatic carbocycles. The monoisotopic (exact) mass is 339 g/mol. The van der Waals surface area contributed by atoms with Crippen LogP contribution in [0.15, 0.2) is 30.5 Å². The molecule has 132 valence electrons. The molecule has 0 bridgehead atoms. The summed E-state index contributed by atoms with van der Waals surface area (Å²) in [6.07, 6.45) is 4.10. The average Bonchev–Trinajstić information content (AvgIpc) is 3.27. The standard InChI is InChI=1S/C19H25N5O/c1-13-14(12-23(2)22-13)19-16(9-11-25-19)20-10-8-18-21-15-6-4-5-7-17(15)24(18)3/h4-7,12,16,19-20H,8-11H2,1-3H3/t16-,19+/m0/s1. The van der Waals surface area contributed by atoms with Crippen molar-refractivity contribution in [3.63, 3.8) is 0 Å². The van der Waals surface area contributed by atoms with Gasteiger partial charge in [-0.15, -0.1) is 0 Å². The second kappa shape index (κ2) is 6.61. The highest BCUT2D eigenvalue weighted by Crippen LogP contribution is 2.30. The molecule has 1 N–H and O–H groups in total. The fourth-order valence-electron chi connectivity index (χ4n) is 3.79. The second-order valence-electron chi connectivity index (χ2n) is 6.81. The molecule has 3 heterocycles. The summed E-state index contributed by atoms with van der Waals surface area (Å²) >= 11 is 0. The molecule has 0 radical (unpaired) electrons. The van der Waals surface area contributed by atoms with E-state index < -0.39 is 0 Å². The van der Waals surface area contributed by atoms with E-state index >= 15 is 0 Å². The van der Waals surface area contributed by atoms with Crippen LogP contribution in [0.2, 0.25) is 0 Å². The summed E-state index contributed by atoms with van der Waals surface area (Å²) in [4.78, 5) is 4.75. The fourth-order valence-corrected chi connectivity index (χ4v) is 3.79. The number of hydrogen-bond donors (Lipinski definition) is 1. The maximum atomic E-state index is 5.98. The van der Waals surface area contributed by atoms with E-state index in [1.54, 1.807) is 0 Å². The van der Waals surface area contributed by atoms with Crippen molar-refractivity contribution < 1.29 is 4.74 Å². The predicted molar refractivity (Wildman–Crippen MR) is 97.5 cm³/mol. The topological polar surface area (TPSA) is 56.9 Å². The molecule has 0 saturated carbocycles. The van der Waals surface area contributed by atoms with Crippen molar-refractivity contribution in [1.82, 2.24) is 24.6 Å². The quantitative estimate of drug-likeness (QED) is 0.775. The molecule has 3 aromatic rings. The summed E-state index contributed by atoms with van der Waals surface area (Å²) in [7, 11) is 4.05. The van der Waals surface area contributed by atoms with Gasteiger partial charge in [-0.1, -0.05) is 12.1 Å². The van der Waals surface area contributed by atoms with Crippen LogP contribution in [-0.4, -0.2) is 38.5 Å². The Kier molecular flexibility index (Phi) is 4.31. The molecule has 0 amide bonds. The molecule has 4 rings (SSSR count). The molecule has 0 spiro atoms. The second-order valence-corrected chi connectivity index (χ2v) is 6.81. The van der Waals surface area contributed by atoms with E-state index in [1.165, 1.54) is 11.1 Å². The van der Waals surface area contributed by atoms with E-state index in [0.717, 1.165) is 43.0 Å². The van der Waals surface area contributed by atoms with Crippen molar-refractivity contribution in [2.75, 3.05) is 13.2 Å². The molecule has 1 fully saturated rings. The molecular formula is C19H25N5O. The minimum Gasteiger partial charge on any atom is -0.372 e. The molecule has 1 aliphatic rings. The Balaban J connectivity index is 1.42. The lowest BCUT2D eigenvalue weighted by atomic mass is 10.0. The molecular weight excluding hydrogens is 314 g/mol. The van der Waals surface area contributed by atoms with Gasteiger partial charge in [0.05, 0.1) is 16.7 Å². The van der Waals surface area contributed by atoms with Crippen molar-refractivity contribution in [3.8, 4) is 0 Å². The molecule has 25 heavy (non-hydrogen) atoms. The molecule has 1 saturated heterocycles. The van der Waals surface area contributed by atoms with Gasteiger partial charge in [0, 0.05) is 51.5 Å². The SMILES string of the molecule is Cc1nn(C)cc1[C@H]1OCC[C@@H]1NCCc1nc2ccccc2n1C. The Morgan fingerprint density at radius 1 is 1.28 bits per heavy atom. The lowest BCUT2D eigenvalue weighted by Crippen LogP contribution is -2.33. The van der Waals surface area contributed by atoms with Gasteiger partial charge < -0.3 is 14.6 Å². The number of hydrogen-bond acceptors (Lipinski definition) is 4. The fraction of sp³-hybridized carbons (Fsp3) is 0.474. The van der Waals surface area contributed by atoms with Crippen LogP contribution in [0.25, 0.3) is 11.0 Å². The van der Waals surface area contributed by atoms with Gasteiger partial charge in [0.2, 0.25) is 0 Å². The lowest BCUT2D eigenvalue weighted by molar-refractivity contribution is 0.0983. The lowest BCUT2D eigenvalue weighted by Gasteiger charge is -2.19. The van der Waals surface area contributed by atoms with E-state index in [1.807, 2.05) is 24.7 Å². The van der Waals surface area contributed by atoms with Gasteiger partial charge >= 0.3 is 0 Å². The summed E-state index contributed by atoms with van der Waals surface area (Å²) in [6, 6.07) is 8.61. The molecule has 2 atom stereocenters. The average molecular weight is 339 g/mol. The van der Waals surface area contributed by atoms with Gasteiger partial charge in [0.25, 0.3) is 0 Å². The summed E-state index contributed by atoms with van der Waals surface area (Å²) in [5.41, 5.74) is 4.50. The zero-order chi connectivity index (χ0) is 17.4. The summed E-state index contributed by atoms with van der Waals surface area (Å²) < 4.78 is 10.0. The Morgan fingerprint density at radius 2 is 2.12 bits per heavy atom. The zero-order valence-corrected chi connectivity index (χ0v) is 15.1. The third kappa shape index (κ3) is 3.07. The smallest absolute Gasteiger partial charge is 0.110 e. The van der Waals surface area contributed by atoms with Crippen LogP contribution in [-0.2, 0) is 25.3 Å². The number of fused-ring (bicyclic) bond motifs is 1. The number of nitrogens with zero attached hydrogens (tertiary/aromatic N) is 4. The highest BCUT2D eigenvalue weighted by atomic mass is 16.5. The van der Waals surface area contributed by atoms with Crippen LogP contribution in [0.3, 0.4) is 0 Å². The summed E-state index contributed by atoms with van der Waals surface area (Å²) in [5, 5.41) is 8.12. The number of para-hydroxylation sites is 2. The van der Waals surface area contributed by atoms with E-state index in [-0.39, 0.29) is 6.10 Å². The Labute approximate surface area is 147 Å². The summed E-state index contributed by atoms with van der Waals surface area (Å²) in [6.45, 7) is 3.73. The van der Waals surface area contributed by atoms with Crippen LogP contribution >= 0.6 is 0 Å². The number of aryl methyl sites for hydroxylation is 3. The maximum Gasteiger partial charge on any atom is 0.110 e. The van der Waals surface area contributed by atoms with E-state index in [9.17, 15) is 0 Å². The largest absolute Gasteiger partial charge is 0.372 e. The van der Waals surface area contributed by atoms with Crippen LogP contribution in [0, 0.1) is 6.92 Å². The van der Waals surface area contributed by atoms with Gasteiger partial charge in [0.1, 0.15) is 11.9 Å². The third-order valence-electron chi connectivity index (χ3n) is 5.08. The Morgan fingerprint density at radius 3 is 2.88 bits per heavy atom. The van der Waals surface area contributed by atoms with Crippen LogP contribution in [0.4, 0.5) is 0 Å². The summed E-state index contributed by atoms with van der Waals surface area (Å²) in [5.74, 6) is 1.11. The van der Waals surface area contributed by atoms with Gasteiger partial charge in [-0.3, -0.25) is 4.68 Å². The Bertz CT molecular complexity index is 881. The molecule has 1 aromatic carbocycles. The number of aromatic nitrogens is 4. The van der Waals surface area contributed by atoms with Gasteiger partial charge in [0.15, 0.2) is 0 Å². The molecule has 2 aromatic heterocycles. The zero-order valence-electron chi connectivity index (χ0n) is 15.1. The number of nitrogens with one attached hydrogen (secondary N) is 1. The van der Waals surface area contributed by atoms with E-state index in [4.69, 9.17) is 9.72 Å². The molecule has 1 aliphatic heterocycles.